The molecular formula is C24H23FN2O5S. The molecule has 1 fully saturated rings. The average Bonchev–Trinajstić information content (AvgIpc) is 3.23. The van der Waals surface area contributed by atoms with E-state index in [-0.39, 0.29) is 16.7 Å². The second-order valence-corrected chi connectivity index (χ2v) is 9.09. The van der Waals surface area contributed by atoms with Gasteiger partial charge in [0.2, 0.25) is 0 Å². The minimum absolute atomic E-state index is 0.111. The Hall–Kier alpha value is -3.17. The van der Waals surface area contributed by atoms with Crippen molar-refractivity contribution in [1.82, 2.24) is 4.72 Å². The summed E-state index contributed by atoms with van der Waals surface area (Å²) in [5.41, 5.74) is 2.97. The van der Waals surface area contributed by atoms with Crippen LogP contribution >= 0.6 is 0 Å². The van der Waals surface area contributed by atoms with Crippen molar-refractivity contribution in [3.63, 3.8) is 0 Å². The highest BCUT2D eigenvalue weighted by molar-refractivity contribution is 7.83. The topological polar surface area (TPSA) is 81.0 Å². The molecule has 3 heterocycles. The van der Waals surface area contributed by atoms with Crippen molar-refractivity contribution in [2.45, 2.75) is 17.7 Å². The van der Waals surface area contributed by atoms with Crippen LogP contribution in [0.5, 0.6) is 5.75 Å². The molecule has 0 spiro atoms. The second-order valence-electron chi connectivity index (χ2n) is 7.91. The number of carbonyl (C=O) groups excluding carboxylic acids is 1. The van der Waals surface area contributed by atoms with Crippen LogP contribution in [0.3, 0.4) is 0 Å². The first-order valence-electron chi connectivity index (χ1n) is 10.7. The highest BCUT2D eigenvalue weighted by atomic mass is 32.2. The van der Waals surface area contributed by atoms with Crippen LogP contribution < -0.4 is 14.4 Å². The normalized spacial score (nSPS) is 16.8. The SMILES string of the molecule is COc1ccc(C2=CCOCC2)cc1S(=O)NC(=O)c1cc2c(F)cc(N3CCC3)cc2o1. The van der Waals surface area contributed by atoms with Gasteiger partial charge in [-0.1, -0.05) is 12.1 Å². The van der Waals surface area contributed by atoms with Crippen LogP contribution in [0, 0.1) is 5.82 Å². The van der Waals surface area contributed by atoms with Gasteiger partial charge in [-0.25, -0.2) is 8.60 Å². The number of fused-ring (bicyclic) bond motifs is 1. The Morgan fingerprint density at radius 3 is 2.76 bits per heavy atom. The molecule has 33 heavy (non-hydrogen) atoms. The van der Waals surface area contributed by atoms with E-state index in [1.807, 2.05) is 17.0 Å². The Kier molecular flexibility index (Phi) is 5.90. The molecule has 1 amide bonds. The molecule has 9 heteroatoms. The molecule has 1 saturated heterocycles. The average molecular weight is 471 g/mol. The number of halogens is 1. The van der Waals surface area contributed by atoms with Crippen molar-refractivity contribution in [2.24, 2.45) is 0 Å². The molecule has 172 valence electrons. The summed E-state index contributed by atoms with van der Waals surface area (Å²) in [6.07, 6.45) is 3.79. The number of rotatable bonds is 6. The van der Waals surface area contributed by atoms with Gasteiger partial charge in [0.25, 0.3) is 5.91 Å². The molecule has 2 aromatic carbocycles. The minimum Gasteiger partial charge on any atom is -0.495 e. The number of nitrogens with zero attached hydrogens (tertiary/aromatic N) is 1. The van der Waals surface area contributed by atoms with Crippen LogP contribution in [-0.4, -0.2) is 43.5 Å². The van der Waals surface area contributed by atoms with E-state index in [0.29, 0.717) is 23.9 Å². The van der Waals surface area contributed by atoms with Gasteiger partial charge in [0.1, 0.15) is 22.0 Å². The lowest BCUT2D eigenvalue weighted by Crippen LogP contribution is -2.36. The fourth-order valence-corrected chi connectivity index (χ4v) is 4.90. The van der Waals surface area contributed by atoms with Crippen molar-refractivity contribution >= 4 is 39.1 Å². The smallest absolute Gasteiger partial charge is 0.298 e. The van der Waals surface area contributed by atoms with E-state index in [9.17, 15) is 13.4 Å². The summed E-state index contributed by atoms with van der Waals surface area (Å²) in [7, 11) is -0.441. The lowest BCUT2D eigenvalue weighted by atomic mass is 10.0. The summed E-state index contributed by atoms with van der Waals surface area (Å²) in [4.78, 5) is 15.1. The highest BCUT2D eigenvalue weighted by Gasteiger charge is 2.22. The molecule has 0 aliphatic carbocycles. The van der Waals surface area contributed by atoms with E-state index >= 15 is 0 Å². The van der Waals surface area contributed by atoms with Gasteiger partial charge in [-0.15, -0.1) is 0 Å². The molecule has 3 aromatic rings. The molecule has 0 saturated carbocycles. The first-order chi connectivity index (χ1) is 16.0. The van der Waals surface area contributed by atoms with Gasteiger partial charge in [-0.2, -0.15) is 0 Å². The predicted octanol–water partition coefficient (Wildman–Crippen LogP) is 4.05. The van der Waals surface area contributed by atoms with Gasteiger partial charge in [0.15, 0.2) is 16.7 Å². The van der Waals surface area contributed by atoms with Crippen LogP contribution in [-0.2, 0) is 15.7 Å². The third-order valence-corrected chi connectivity index (χ3v) is 6.99. The van der Waals surface area contributed by atoms with Gasteiger partial charge in [-0.05, 0) is 42.2 Å². The largest absolute Gasteiger partial charge is 0.495 e. The molecule has 0 bridgehead atoms. The Morgan fingerprint density at radius 1 is 1.21 bits per heavy atom. The molecule has 2 aliphatic rings. The molecule has 1 aromatic heterocycles. The standard InChI is InChI=1S/C24H23FN2O5S/c1-30-20-4-3-16(15-5-9-31-10-6-15)11-23(20)33(29)26-24(28)22-14-18-19(25)12-17(13-21(18)32-22)27-7-2-8-27/h3-5,11-14H,2,6-10H2,1H3,(H,26,28). The quantitative estimate of drug-likeness (QED) is 0.586. The second kappa shape index (κ2) is 8.99. The van der Waals surface area contributed by atoms with Gasteiger partial charge in [0.05, 0.1) is 25.7 Å². The third-order valence-electron chi connectivity index (χ3n) is 5.90. The fraction of sp³-hybridized carbons (Fsp3) is 0.292. The maximum absolute atomic E-state index is 14.6. The Labute approximate surface area is 192 Å². The number of carbonyl (C=O) groups is 1. The minimum atomic E-state index is -1.92. The number of nitrogens with one attached hydrogen (secondary N) is 1. The van der Waals surface area contributed by atoms with E-state index in [1.54, 1.807) is 18.2 Å². The number of amides is 1. The van der Waals surface area contributed by atoms with E-state index in [0.717, 1.165) is 42.8 Å². The summed E-state index contributed by atoms with van der Waals surface area (Å²) in [5, 5.41) is 0.209. The molecule has 1 atom stereocenters. The van der Waals surface area contributed by atoms with E-state index in [4.69, 9.17) is 13.9 Å². The van der Waals surface area contributed by atoms with Crippen molar-refractivity contribution in [1.29, 1.82) is 0 Å². The highest BCUT2D eigenvalue weighted by Crippen LogP contribution is 2.31. The monoisotopic (exact) mass is 470 g/mol. The Bertz CT molecular complexity index is 1280. The lowest BCUT2D eigenvalue weighted by Gasteiger charge is -2.33. The van der Waals surface area contributed by atoms with Gasteiger partial charge in [-0.3, -0.25) is 9.52 Å². The molecule has 2 aliphatic heterocycles. The van der Waals surface area contributed by atoms with E-state index in [1.165, 1.54) is 19.2 Å². The van der Waals surface area contributed by atoms with Gasteiger partial charge in [0, 0.05) is 30.9 Å². The summed E-state index contributed by atoms with van der Waals surface area (Å²) >= 11 is 0. The first-order valence-corrected chi connectivity index (χ1v) is 11.8. The number of anilines is 1. The van der Waals surface area contributed by atoms with Crippen molar-refractivity contribution in [3.8, 4) is 5.75 Å². The first kappa shape index (κ1) is 21.7. The fourth-order valence-electron chi connectivity index (χ4n) is 3.95. The van der Waals surface area contributed by atoms with E-state index < -0.39 is 22.7 Å². The molecule has 1 unspecified atom stereocenters. The third kappa shape index (κ3) is 4.26. The zero-order chi connectivity index (χ0) is 22.9. The number of benzene rings is 2. The summed E-state index contributed by atoms with van der Waals surface area (Å²) in [5.74, 6) is -0.884. The maximum Gasteiger partial charge on any atom is 0.298 e. The number of hydrogen-bond acceptors (Lipinski definition) is 6. The number of ether oxygens (including phenoxy) is 2. The van der Waals surface area contributed by atoms with Crippen LogP contribution in [0.1, 0.15) is 29.0 Å². The van der Waals surface area contributed by atoms with Crippen molar-refractivity contribution in [3.05, 3.63) is 59.6 Å². The summed E-state index contributed by atoms with van der Waals surface area (Å²) in [6.45, 7) is 2.87. The molecule has 0 radical (unpaired) electrons. The molecular weight excluding hydrogens is 447 g/mol. The van der Waals surface area contributed by atoms with E-state index in [2.05, 4.69) is 4.72 Å². The van der Waals surface area contributed by atoms with Crippen molar-refractivity contribution < 1.29 is 27.3 Å². The van der Waals surface area contributed by atoms with Gasteiger partial charge >= 0.3 is 0 Å². The zero-order valence-corrected chi connectivity index (χ0v) is 18.9. The van der Waals surface area contributed by atoms with Crippen molar-refractivity contribution in [2.75, 3.05) is 38.3 Å². The molecule has 5 rings (SSSR count). The lowest BCUT2D eigenvalue weighted by molar-refractivity contribution is 0.0958. The van der Waals surface area contributed by atoms with Crippen LogP contribution in [0.2, 0.25) is 0 Å². The van der Waals surface area contributed by atoms with Crippen LogP contribution in [0.15, 0.2) is 51.8 Å². The number of hydrogen-bond donors (Lipinski definition) is 1. The van der Waals surface area contributed by atoms with Crippen LogP contribution in [0.4, 0.5) is 10.1 Å². The summed E-state index contributed by atoms with van der Waals surface area (Å²) in [6, 6.07) is 9.84. The molecule has 7 nitrogen and oxygen atoms in total. The van der Waals surface area contributed by atoms with Crippen LogP contribution in [0.25, 0.3) is 16.5 Å². The van der Waals surface area contributed by atoms with Gasteiger partial charge < -0.3 is 18.8 Å². The number of furan rings is 1. The molecule has 1 N–H and O–H groups in total. The Balaban J connectivity index is 1.39. The number of methoxy groups -OCH3 is 1. The predicted molar refractivity (Wildman–Crippen MR) is 123 cm³/mol. The maximum atomic E-state index is 14.6. The zero-order valence-electron chi connectivity index (χ0n) is 18.1. The Morgan fingerprint density at radius 2 is 2.06 bits per heavy atom. The summed E-state index contributed by atoms with van der Waals surface area (Å²) < 4.78 is 46.4.